The zero-order valence-electron chi connectivity index (χ0n) is 11.8. The van der Waals surface area contributed by atoms with Crippen molar-refractivity contribution in [1.82, 2.24) is 9.88 Å². The van der Waals surface area contributed by atoms with E-state index in [1.165, 1.54) is 6.07 Å². The molecule has 1 saturated heterocycles. The first kappa shape index (κ1) is 15.8. The highest BCUT2D eigenvalue weighted by Crippen LogP contribution is 2.52. The molecule has 1 aromatic heterocycles. The molecule has 2 heterocycles. The summed E-state index contributed by atoms with van der Waals surface area (Å²) in [7, 11) is 0. The lowest BCUT2D eigenvalue weighted by atomic mass is 9.86. The van der Waals surface area contributed by atoms with E-state index in [0.29, 0.717) is 5.52 Å². The van der Waals surface area contributed by atoms with Crippen LogP contribution in [0.15, 0.2) is 30.5 Å². The van der Waals surface area contributed by atoms with Crippen molar-refractivity contribution in [3.05, 3.63) is 36.0 Å². The molecule has 0 bridgehead atoms. The lowest BCUT2D eigenvalue weighted by molar-refractivity contribution is -0.231. The highest BCUT2D eigenvalue weighted by Gasteiger charge is 2.64. The van der Waals surface area contributed by atoms with Crippen molar-refractivity contribution in [1.29, 1.82) is 0 Å². The van der Waals surface area contributed by atoms with Crippen LogP contribution in [0, 0.1) is 0 Å². The van der Waals surface area contributed by atoms with Crippen LogP contribution in [0.4, 0.5) is 22.0 Å². The molecule has 0 saturated carbocycles. The first-order chi connectivity index (χ1) is 10.8. The number of fused-ring (bicyclic) bond motifs is 1. The second-order valence-corrected chi connectivity index (χ2v) is 5.50. The third-order valence-corrected chi connectivity index (χ3v) is 4.34. The van der Waals surface area contributed by atoms with Crippen molar-refractivity contribution >= 4 is 16.8 Å². The van der Waals surface area contributed by atoms with Gasteiger partial charge in [0.2, 0.25) is 0 Å². The average Bonchev–Trinajstić information content (AvgIpc) is 3.09. The van der Waals surface area contributed by atoms with Crippen LogP contribution in [-0.4, -0.2) is 34.9 Å². The van der Waals surface area contributed by atoms with Crippen LogP contribution in [0.2, 0.25) is 0 Å². The van der Waals surface area contributed by atoms with Gasteiger partial charge in [0.15, 0.2) is 5.54 Å². The Morgan fingerprint density at radius 1 is 1.26 bits per heavy atom. The molecule has 1 atom stereocenters. The number of carbonyl (C=O) groups is 1. The number of halogens is 5. The second kappa shape index (κ2) is 5.21. The number of nitrogens with zero attached hydrogens (tertiary/aromatic N) is 1. The first-order valence-electron chi connectivity index (χ1n) is 7.02. The van der Waals surface area contributed by atoms with Gasteiger partial charge in [0.25, 0.3) is 5.91 Å². The predicted octanol–water partition coefficient (Wildman–Crippen LogP) is 3.81. The third kappa shape index (κ3) is 2.19. The second-order valence-electron chi connectivity index (χ2n) is 5.50. The Kier molecular flexibility index (Phi) is 3.57. The maximum absolute atomic E-state index is 13.9. The van der Waals surface area contributed by atoms with E-state index in [1.807, 2.05) is 0 Å². The largest absolute Gasteiger partial charge is 0.416 e. The quantitative estimate of drug-likeness (QED) is 0.834. The molecule has 124 valence electrons. The number of hydrogen-bond donors (Lipinski definition) is 1. The zero-order chi connectivity index (χ0) is 16.8. The van der Waals surface area contributed by atoms with Gasteiger partial charge in [0, 0.05) is 29.2 Å². The van der Waals surface area contributed by atoms with E-state index in [1.54, 1.807) is 18.2 Å². The zero-order valence-corrected chi connectivity index (χ0v) is 11.8. The Morgan fingerprint density at radius 2 is 1.96 bits per heavy atom. The lowest BCUT2D eigenvalue weighted by Gasteiger charge is -2.39. The molecule has 1 unspecified atom stereocenters. The minimum Gasteiger partial charge on any atom is -0.361 e. The third-order valence-electron chi connectivity index (χ3n) is 4.34. The van der Waals surface area contributed by atoms with E-state index in [2.05, 4.69) is 4.98 Å². The van der Waals surface area contributed by atoms with Crippen LogP contribution in [0.5, 0.6) is 0 Å². The van der Waals surface area contributed by atoms with Crippen LogP contribution in [0.1, 0.15) is 18.4 Å². The van der Waals surface area contributed by atoms with E-state index in [-0.39, 0.29) is 28.8 Å². The number of aromatic nitrogens is 1. The van der Waals surface area contributed by atoms with Crippen LogP contribution in [0.25, 0.3) is 10.9 Å². The van der Waals surface area contributed by atoms with Gasteiger partial charge in [0.1, 0.15) is 0 Å². The van der Waals surface area contributed by atoms with Crippen molar-refractivity contribution in [2.45, 2.75) is 31.0 Å². The Balaban J connectivity index is 2.24. The van der Waals surface area contributed by atoms with Gasteiger partial charge >= 0.3 is 12.6 Å². The summed E-state index contributed by atoms with van der Waals surface area (Å²) < 4.78 is 67.4. The number of H-pyrrole nitrogens is 1. The summed E-state index contributed by atoms with van der Waals surface area (Å²) in [4.78, 5) is 14.7. The number of rotatable bonds is 2. The molecule has 1 aliphatic heterocycles. The number of hydrogen-bond acceptors (Lipinski definition) is 1. The Hall–Kier alpha value is -2.12. The molecule has 23 heavy (non-hydrogen) atoms. The number of carbonyl (C=O) groups excluding carboxylic acids is 1. The van der Waals surface area contributed by atoms with Crippen LogP contribution < -0.4 is 0 Å². The van der Waals surface area contributed by atoms with Gasteiger partial charge in [-0.15, -0.1) is 0 Å². The van der Waals surface area contributed by atoms with Gasteiger partial charge < -0.3 is 9.88 Å². The molecule has 1 aromatic carbocycles. The van der Waals surface area contributed by atoms with Gasteiger partial charge in [-0.25, -0.2) is 0 Å². The van der Waals surface area contributed by atoms with Crippen molar-refractivity contribution in [2.75, 3.05) is 6.54 Å². The molecular weight excluding hydrogens is 319 g/mol. The Bertz CT molecular complexity index is 739. The van der Waals surface area contributed by atoms with Crippen molar-refractivity contribution < 1.29 is 26.7 Å². The number of nitrogens with one attached hydrogen (secondary N) is 1. The number of para-hydroxylation sites is 1. The lowest BCUT2D eigenvalue weighted by Crippen LogP contribution is -2.56. The molecule has 3 nitrogen and oxygen atoms in total. The maximum atomic E-state index is 13.9. The maximum Gasteiger partial charge on any atom is 0.416 e. The smallest absolute Gasteiger partial charge is 0.361 e. The molecule has 1 aliphatic rings. The minimum absolute atomic E-state index is 0.0114. The molecule has 1 N–H and O–H groups in total. The number of alkyl halides is 5. The minimum atomic E-state index is -4.86. The van der Waals surface area contributed by atoms with E-state index in [0.717, 1.165) is 6.20 Å². The summed E-state index contributed by atoms with van der Waals surface area (Å²) in [5, 5.41) is 0.277. The van der Waals surface area contributed by atoms with E-state index in [9.17, 15) is 26.7 Å². The van der Waals surface area contributed by atoms with Crippen molar-refractivity contribution in [3.63, 3.8) is 0 Å². The summed E-state index contributed by atoms with van der Waals surface area (Å²) in [6.45, 7) is -0.345. The molecule has 0 radical (unpaired) electrons. The fraction of sp³-hybridized carbons (Fsp3) is 0.400. The molecule has 1 amide bonds. The van der Waals surface area contributed by atoms with Gasteiger partial charge in [-0.2, -0.15) is 22.0 Å². The summed E-state index contributed by atoms with van der Waals surface area (Å²) in [6, 6.07) is 6.30. The van der Waals surface area contributed by atoms with E-state index in [4.69, 9.17) is 0 Å². The van der Waals surface area contributed by atoms with E-state index >= 15 is 0 Å². The van der Waals surface area contributed by atoms with Crippen LogP contribution >= 0.6 is 0 Å². The fourth-order valence-corrected chi connectivity index (χ4v) is 3.38. The van der Waals surface area contributed by atoms with Gasteiger partial charge in [-0.05, 0) is 18.9 Å². The topological polar surface area (TPSA) is 36.1 Å². The Morgan fingerprint density at radius 3 is 2.61 bits per heavy atom. The standard InChI is InChI=1S/C15H13F5N2O/c16-12(17)13(23)22-7-3-6-14(22,15(18,19)20)10-8-21-11-5-2-1-4-9(10)11/h1-2,4-5,8,12,21H,3,6-7H2. The highest BCUT2D eigenvalue weighted by atomic mass is 19.4. The summed E-state index contributed by atoms with van der Waals surface area (Å²) in [6.07, 6.45) is -7.59. The van der Waals surface area contributed by atoms with Crippen LogP contribution in [0.3, 0.4) is 0 Å². The normalized spacial score (nSPS) is 22.3. The molecule has 0 aliphatic carbocycles. The predicted molar refractivity (Wildman–Crippen MR) is 73.0 cm³/mol. The number of likely N-dealkylation sites (tertiary alicyclic amines) is 1. The number of aromatic amines is 1. The molecule has 8 heteroatoms. The average molecular weight is 332 g/mol. The molecule has 3 rings (SSSR count). The monoisotopic (exact) mass is 332 g/mol. The van der Waals surface area contributed by atoms with Crippen LogP contribution in [-0.2, 0) is 10.3 Å². The van der Waals surface area contributed by atoms with Gasteiger partial charge in [-0.3, -0.25) is 4.79 Å². The van der Waals surface area contributed by atoms with Gasteiger partial charge in [-0.1, -0.05) is 18.2 Å². The summed E-state index contributed by atoms with van der Waals surface area (Å²) in [5.74, 6) is -1.79. The van der Waals surface area contributed by atoms with Crippen molar-refractivity contribution in [3.8, 4) is 0 Å². The SMILES string of the molecule is O=C(C(F)F)N1CCCC1(c1c[nH]c2ccccc12)C(F)(F)F. The summed E-state index contributed by atoms with van der Waals surface area (Å²) in [5.41, 5.74) is -2.45. The Labute approximate surface area is 128 Å². The summed E-state index contributed by atoms with van der Waals surface area (Å²) >= 11 is 0. The van der Waals surface area contributed by atoms with Gasteiger partial charge in [0.05, 0.1) is 0 Å². The van der Waals surface area contributed by atoms with E-state index < -0.39 is 30.5 Å². The van der Waals surface area contributed by atoms with Crippen molar-refractivity contribution in [2.24, 2.45) is 0 Å². The molecule has 1 fully saturated rings. The fourth-order valence-electron chi connectivity index (χ4n) is 3.38. The number of benzene rings is 1. The molecule has 2 aromatic rings. The number of amides is 1. The first-order valence-corrected chi connectivity index (χ1v) is 7.02. The molecule has 0 spiro atoms. The molecular formula is C15H13F5N2O. The highest BCUT2D eigenvalue weighted by molar-refractivity contribution is 5.87.